The molecular formula is C11H25N3O. The van der Waals surface area contributed by atoms with Gasteiger partial charge < -0.3 is 15.5 Å². The van der Waals surface area contributed by atoms with E-state index in [0.29, 0.717) is 6.54 Å². The van der Waals surface area contributed by atoms with E-state index >= 15 is 0 Å². The number of amides is 1. The highest BCUT2D eigenvalue weighted by atomic mass is 16.1. The molecule has 0 aromatic rings. The Morgan fingerprint density at radius 3 is 2.40 bits per heavy atom. The lowest BCUT2D eigenvalue weighted by Gasteiger charge is -2.28. The van der Waals surface area contributed by atoms with E-state index < -0.39 is 0 Å². The maximum atomic E-state index is 11.3. The number of nitrogens with zero attached hydrogens (tertiary/aromatic N) is 1. The molecule has 0 fully saturated rings. The van der Waals surface area contributed by atoms with Gasteiger partial charge in [0.1, 0.15) is 0 Å². The number of carbonyl (C=O) groups is 1. The SMILES string of the molecule is CCNCC(=O)NCC(C)(C)CN(C)C. The zero-order chi connectivity index (χ0) is 11.9. The number of carbonyl (C=O) groups excluding carboxylic acids is 1. The molecule has 0 aliphatic carbocycles. The summed E-state index contributed by atoms with van der Waals surface area (Å²) in [6.07, 6.45) is 0. The molecule has 0 radical (unpaired) electrons. The Bertz CT molecular complexity index is 190. The Kier molecular flexibility index (Phi) is 6.52. The molecule has 4 nitrogen and oxygen atoms in total. The van der Waals surface area contributed by atoms with E-state index in [2.05, 4.69) is 29.4 Å². The minimum atomic E-state index is 0.0729. The topological polar surface area (TPSA) is 44.4 Å². The molecule has 0 aliphatic rings. The highest BCUT2D eigenvalue weighted by molar-refractivity contribution is 5.77. The number of likely N-dealkylation sites (N-methyl/N-ethyl adjacent to an activating group) is 1. The van der Waals surface area contributed by atoms with E-state index in [1.165, 1.54) is 0 Å². The Labute approximate surface area is 93.4 Å². The van der Waals surface area contributed by atoms with Crippen LogP contribution in [0, 0.1) is 5.41 Å². The second kappa shape index (κ2) is 6.80. The lowest BCUT2D eigenvalue weighted by molar-refractivity contribution is -0.120. The standard InChI is InChI=1S/C11H25N3O/c1-6-12-7-10(15)13-8-11(2,3)9-14(4)5/h12H,6-9H2,1-5H3,(H,13,15). The van der Waals surface area contributed by atoms with Gasteiger partial charge in [-0.3, -0.25) is 4.79 Å². The summed E-state index contributed by atoms with van der Waals surface area (Å²) in [5.74, 6) is 0.0729. The second-order valence-electron chi connectivity index (χ2n) is 4.96. The summed E-state index contributed by atoms with van der Waals surface area (Å²) in [7, 11) is 4.09. The van der Waals surface area contributed by atoms with E-state index in [4.69, 9.17) is 0 Å². The summed E-state index contributed by atoms with van der Waals surface area (Å²) in [4.78, 5) is 13.5. The average molecular weight is 215 g/mol. The minimum Gasteiger partial charge on any atom is -0.354 e. The van der Waals surface area contributed by atoms with E-state index in [1.807, 2.05) is 21.0 Å². The van der Waals surface area contributed by atoms with Crippen molar-refractivity contribution in [2.45, 2.75) is 20.8 Å². The van der Waals surface area contributed by atoms with Gasteiger partial charge >= 0.3 is 0 Å². The van der Waals surface area contributed by atoms with Crippen LogP contribution in [0.2, 0.25) is 0 Å². The van der Waals surface area contributed by atoms with Crippen LogP contribution >= 0.6 is 0 Å². The lowest BCUT2D eigenvalue weighted by Crippen LogP contribution is -2.42. The highest BCUT2D eigenvalue weighted by Gasteiger charge is 2.19. The van der Waals surface area contributed by atoms with E-state index in [-0.39, 0.29) is 11.3 Å². The molecule has 0 unspecified atom stereocenters. The smallest absolute Gasteiger partial charge is 0.233 e. The normalized spacial score (nSPS) is 11.9. The fourth-order valence-electron chi connectivity index (χ4n) is 1.55. The fraction of sp³-hybridized carbons (Fsp3) is 0.909. The Hall–Kier alpha value is -0.610. The number of rotatable bonds is 7. The van der Waals surface area contributed by atoms with Gasteiger partial charge in [-0.25, -0.2) is 0 Å². The van der Waals surface area contributed by atoms with Crippen LogP contribution in [0.15, 0.2) is 0 Å². The third kappa shape index (κ3) is 8.39. The van der Waals surface area contributed by atoms with Gasteiger partial charge in [-0.1, -0.05) is 20.8 Å². The summed E-state index contributed by atoms with van der Waals surface area (Å²) < 4.78 is 0. The minimum absolute atomic E-state index is 0.0729. The van der Waals surface area contributed by atoms with Crippen molar-refractivity contribution in [1.29, 1.82) is 0 Å². The van der Waals surface area contributed by atoms with Crippen molar-refractivity contribution in [3.8, 4) is 0 Å². The summed E-state index contributed by atoms with van der Waals surface area (Å²) in [5, 5.41) is 5.94. The van der Waals surface area contributed by atoms with Crippen LogP contribution in [0.5, 0.6) is 0 Å². The molecule has 15 heavy (non-hydrogen) atoms. The first-order chi connectivity index (χ1) is 6.87. The molecule has 0 heterocycles. The van der Waals surface area contributed by atoms with E-state index in [1.54, 1.807) is 0 Å². The van der Waals surface area contributed by atoms with Crippen LogP contribution in [0.4, 0.5) is 0 Å². The van der Waals surface area contributed by atoms with E-state index in [0.717, 1.165) is 19.6 Å². The summed E-state index contributed by atoms with van der Waals surface area (Å²) in [6.45, 7) is 9.22. The molecule has 90 valence electrons. The molecular weight excluding hydrogens is 190 g/mol. The largest absolute Gasteiger partial charge is 0.354 e. The molecule has 0 atom stereocenters. The predicted octanol–water partition coefficient (Wildman–Crippen LogP) is 0.300. The fourth-order valence-corrected chi connectivity index (χ4v) is 1.55. The van der Waals surface area contributed by atoms with Crippen molar-refractivity contribution < 1.29 is 4.79 Å². The molecule has 0 saturated heterocycles. The average Bonchev–Trinajstić information content (AvgIpc) is 2.09. The van der Waals surface area contributed by atoms with Gasteiger partial charge in [0.05, 0.1) is 6.54 Å². The van der Waals surface area contributed by atoms with Crippen LogP contribution in [-0.4, -0.2) is 51.1 Å². The van der Waals surface area contributed by atoms with Crippen molar-refractivity contribution in [3.05, 3.63) is 0 Å². The van der Waals surface area contributed by atoms with Gasteiger partial charge in [-0.05, 0) is 26.1 Å². The quantitative estimate of drug-likeness (QED) is 0.642. The van der Waals surface area contributed by atoms with Gasteiger partial charge in [0.2, 0.25) is 5.91 Å². The van der Waals surface area contributed by atoms with Crippen LogP contribution in [0.25, 0.3) is 0 Å². The lowest BCUT2D eigenvalue weighted by atomic mass is 9.93. The van der Waals surface area contributed by atoms with Crippen LogP contribution in [0.3, 0.4) is 0 Å². The molecule has 0 spiro atoms. The third-order valence-corrected chi connectivity index (χ3v) is 2.04. The molecule has 0 bridgehead atoms. The van der Waals surface area contributed by atoms with Gasteiger partial charge in [-0.2, -0.15) is 0 Å². The van der Waals surface area contributed by atoms with Crippen molar-refractivity contribution >= 4 is 5.91 Å². The molecule has 0 aromatic heterocycles. The predicted molar refractivity (Wildman–Crippen MR) is 63.9 cm³/mol. The Morgan fingerprint density at radius 2 is 1.93 bits per heavy atom. The summed E-state index contributed by atoms with van der Waals surface area (Å²) in [5.41, 5.74) is 0.116. The second-order valence-corrected chi connectivity index (χ2v) is 4.96. The Balaban J connectivity index is 3.77. The number of hydrogen-bond donors (Lipinski definition) is 2. The van der Waals surface area contributed by atoms with Crippen molar-refractivity contribution in [1.82, 2.24) is 15.5 Å². The molecule has 0 rings (SSSR count). The molecule has 0 aliphatic heterocycles. The molecule has 4 heteroatoms. The third-order valence-electron chi connectivity index (χ3n) is 2.04. The van der Waals surface area contributed by atoms with Crippen LogP contribution < -0.4 is 10.6 Å². The monoisotopic (exact) mass is 215 g/mol. The first-order valence-corrected chi connectivity index (χ1v) is 5.49. The highest BCUT2D eigenvalue weighted by Crippen LogP contribution is 2.13. The zero-order valence-electron chi connectivity index (χ0n) is 10.7. The molecule has 2 N–H and O–H groups in total. The van der Waals surface area contributed by atoms with Gasteiger partial charge in [-0.15, -0.1) is 0 Å². The maximum Gasteiger partial charge on any atom is 0.233 e. The van der Waals surface area contributed by atoms with Crippen molar-refractivity contribution in [2.75, 3.05) is 40.3 Å². The number of nitrogens with one attached hydrogen (secondary N) is 2. The van der Waals surface area contributed by atoms with Gasteiger partial charge in [0.15, 0.2) is 0 Å². The van der Waals surface area contributed by atoms with E-state index in [9.17, 15) is 4.79 Å². The van der Waals surface area contributed by atoms with Crippen LogP contribution in [0.1, 0.15) is 20.8 Å². The van der Waals surface area contributed by atoms with Crippen molar-refractivity contribution in [2.24, 2.45) is 5.41 Å². The first-order valence-electron chi connectivity index (χ1n) is 5.49. The number of hydrogen-bond acceptors (Lipinski definition) is 3. The van der Waals surface area contributed by atoms with Crippen LogP contribution in [-0.2, 0) is 4.79 Å². The van der Waals surface area contributed by atoms with Crippen molar-refractivity contribution in [3.63, 3.8) is 0 Å². The molecule has 0 aromatic carbocycles. The summed E-state index contributed by atoms with van der Waals surface area (Å²) >= 11 is 0. The summed E-state index contributed by atoms with van der Waals surface area (Å²) in [6, 6.07) is 0. The molecule has 1 amide bonds. The van der Waals surface area contributed by atoms with Gasteiger partial charge in [0, 0.05) is 13.1 Å². The van der Waals surface area contributed by atoms with Gasteiger partial charge in [0.25, 0.3) is 0 Å². The first kappa shape index (κ1) is 14.4. The molecule has 0 saturated carbocycles. The zero-order valence-corrected chi connectivity index (χ0v) is 10.7. The Morgan fingerprint density at radius 1 is 1.33 bits per heavy atom. The maximum absolute atomic E-state index is 11.3.